The standard InChI is InChI=1S/C17H19N5O3/c1-12(9-14(23)15-5-4-8-25-15)20-17(24)21-13-10-19-22(11-13)16-6-2-3-7-18-16/h2-8,10-12,14,23H,9H2,1H3,(H2,20,21,24)/t12-,14-/m1/s1. The molecule has 25 heavy (non-hydrogen) atoms. The first-order valence-corrected chi connectivity index (χ1v) is 7.87. The lowest BCUT2D eigenvalue weighted by Crippen LogP contribution is -2.36. The average Bonchev–Trinajstić information content (AvgIpc) is 3.27. The molecule has 0 saturated carbocycles. The van der Waals surface area contributed by atoms with Crippen molar-refractivity contribution < 1.29 is 14.3 Å². The van der Waals surface area contributed by atoms with Crippen LogP contribution < -0.4 is 10.6 Å². The van der Waals surface area contributed by atoms with Gasteiger partial charge in [0.2, 0.25) is 0 Å². The quantitative estimate of drug-likeness (QED) is 0.639. The molecule has 0 saturated heterocycles. The van der Waals surface area contributed by atoms with Crippen LogP contribution in [0.15, 0.2) is 59.6 Å². The Morgan fingerprint density at radius 3 is 2.96 bits per heavy atom. The second-order valence-corrected chi connectivity index (χ2v) is 5.63. The number of aromatic nitrogens is 3. The fourth-order valence-corrected chi connectivity index (χ4v) is 2.38. The summed E-state index contributed by atoms with van der Waals surface area (Å²) in [5, 5.41) is 19.7. The van der Waals surface area contributed by atoms with Gasteiger partial charge in [-0.25, -0.2) is 14.5 Å². The van der Waals surface area contributed by atoms with E-state index < -0.39 is 6.10 Å². The SMILES string of the molecule is C[C@H](C[C@@H](O)c1ccco1)NC(=O)Nc1cnn(-c2ccccn2)c1. The van der Waals surface area contributed by atoms with Crippen LogP contribution in [0, 0.1) is 0 Å². The van der Waals surface area contributed by atoms with Gasteiger partial charge >= 0.3 is 6.03 Å². The molecular formula is C17H19N5O3. The average molecular weight is 341 g/mol. The van der Waals surface area contributed by atoms with E-state index in [4.69, 9.17) is 4.42 Å². The second kappa shape index (κ2) is 7.63. The minimum atomic E-state index is -0.766. The summed E-state index contributed by atoms with van der Waals surface area (Å²) in [7, 11) is 0. The smallest absolute Gasteiger partial charge is 0.319 e. The van der Waals surface area contributed by atoms with Gasteiger partial charge in [0, 0.05) is 18.7 Å². The number of nitrogens with one attached hydrogen (secondary N) is 2. The number of nitrogens with zero attached hydrogens (tertiary/aromatic N) is 3. The number of urea groups is 1. The third kappa shape index (κ3) is 4.45. The lowest BCUT2D eigenvalue weighted by atomic mass is 10.1. The van der Waals surface area contributed by atoms with E-state index in [1.165, 1.54) is 12.5 Å². The number of aliphatic hydroxyl groups excluding tert-OH is 1. The molecular weight excluding hydrogens is 322 g/mol. The molecule has 0 bridgehead atoms. The van der Waals surface area contributed by atoms with Crippen LogP contribution in [0.1, 0.15) is 25.2 Å². The maximum atomic E-state index is 12.1. The molecule has 3 heterocycles. The number of anilines is 1. The molecule has 3 N–H and O–H groups in total. The topological polar surface area (TPSA) is 105 Å². The molecule has 0 spiro atoms. The number of carbonyl (C=O) groups excluding carboxylic acids is 1. The molecule has 0 unspecified atom stereocenters. The highest BCUT2D eigenvalue weighted by atomic mass is 16.4. The van der Waals surface area contributed by atoms with Crippen molar-refractivity contribution >= 4 is 11.7 Å². The van der Waals surface area contributed by atoms with E-state index in [2.05, 4.69) is 20.7 Å². The molecule has 0 aliphatic carbocycles. The molecule has 2 atom stereocenters. The number of hydrogen-bond donors (Lipinski definition) is 3. The summed E-state index contributed by atoms with van der Waals surface area (Å²) in [6.45, 7) is 1.81. The van der Waals surface area contributed by atoms with E-state index in [0.29, 0.717) is 23.7 Å². The van der Waals surface area contributed by atoms with Crippen molar-refractivity contribution in [3.8, 4) is 5.82 Å². The molecule has 130 valence electrons. The Balaban J connectivity index is 1.51. The first kappa shape index (κ1) is 16.7. The minimum absolute atomic E-state index is 0.245. The van der Waals surface area contributed by atoms with Gasteiger partial charge < -0.3 is 20.2 Å². The maximum absolute atomic E-state index is 12.1. The van der Waals surface area contributed by atoms with Gasteiger partial charge in [-0.3, -0.25) is 0 Å². The van der Waals surface area contributed by atoms with Crippen LogP contribution in [0.2, 0.25) is 0 Å². The zero-order valence-corrected chi connectivity index (χ0v) is 13.7. The molecule has 0 aliphatic heterocycles. The monoisotopic (exact) mass is 341 g/mol. The van der Waals surface area contributed by atoms with Crippen LogP contribution in [0.3, 0.4) is 0 Å². The Bertz CT molecular complexity index is 801. The number of pyridine rings is 1. The molecule has 3 aromatic rings. The lowest BCUT2D eigenvalue weighted by molar-refractivity contribution is 0.130. The van der Waals surface area contributed by atoms with Gasteiger partial charge in [0.05, 0.1) is 24.3 Å². The fourth-order valence-electron chi connectivity index (χ4n) is 2.38. The Labute approximate surface area is 144 Å². The number of rotatable bonds is 6. The minimum Gasteiger partial charge on any atom is -0.467 e. The van der Waals surface area contributed by atoms with E-state index in [1.54, 1.807) is 29.2 Å². The first-order chi connectivity index (χ1) is 12.1. The van der Waals surface area contributed by atoms with E-state index in [9.17, 15) is 9.90 Å². The molecule has 0 fully saturated rings. The van der Waals surface area contributed by atoms with Gasteiger partial charge in [-0.15, -0.1) is 0 Å². The Kier molecular flexibility index (Phi) is 5.10. The highest BCUT2D eigenvalue weighted by molar-refractivity contribution is 5.89. The van der Waals surface area contributed by atoms with Crippen molar-refractivity contribution in [2.45, 2.75) is 25.5 Å². The zero-order chi connectivity index (χ0) is 17.6. The number of amides is 2. The second-order valence-electron chi connectivity index (χ2n) is 5.63. The summed E-state index contributed by atoms with van der Waals surface area (Å²) in [5.74, 6) is 1.14. The summed E-state index contributed by atoms with van der Waals surface area (Å²) in [5.41, 5.74) is 0.543. The van der Waals surface area contributed by atoms with Gasteiger partial charge in [0.15, 0.2) is 5.82 Å². The van der Waals surface area contributed by atoms with Crippen LogP contribution in [0.25, 0.3) is 5.82 Å². The predicted molar refractivity (Wildman–Crippen MR) is 91.3 cm³/mol. The van der Waals surface area contributed by atoms with Gasteiger partial charge in [-0.2, -0.15) is 5.10 Å². The van der Waals surface area contributed by atoms with Crippen LogP contribution >= 0.6 is 0 Å². The summed E-state index contributed by atoms with van der Waals surface area (Å²) < 4.78 is 6.72. The zero-order valence-electron chi connectivity index (χ0n) is 13.7. The third-order valence-corrected chi connectivity index (χ3v) is 3.55. The number of carbonyl (C=O) groups is 1. The van der Waals surface area contributed by atoms with E-state index in [1.807, 2.05) is 25.1 Å². The van der Waals surface area contributed by atoms with Gasteiger partial charge in [-0.1, -0.05) is 6.07 Å². The summed E-state index contributed by atoms with van der Waals surface area (Å²) >= 11 is 0. The summed E-state index contributed by atoms with van der Waals surface area (Å²) in [6, 6.07) is 8.28. The van der Waals surface area contributed by atoms with Crippen LogP contribution in [0.4, 0.5) is 10.5 Å². The largest absolute Gasteiger partial charge is 0.467 e. The van der Waals surface area contributed by atoms with Crippen molar-refractivity contribution in [3.63, 3.8) is 0 Å². The van der Waals surface area contributed by atoms with Gasteiger partial charge in [-0.05, 0) is 31.2 Å². The highest BCUT2D eigenvalue weighted by Crippen LogP contribution is 2.18. The van der Waals surface area contributed by atoms with E-state index in [0.717, 1.165) is 0 Å². The summed E-state index contributed by atoms with van der Waals surface area (Å²) in [4.78, 5) is 16.2. The number of furan rings is 1. The Hall–Kier alpha value is -3.13. The Morgan fingerprint density at radius 1 is 1.36 bits per heavy atom. The fraction of sp³-hybridized carbons (Fsp3) is 0.235. The van der Waals surface area contributed by atoms with E-state index in [-0.39, 0.29) is 12.1 Å². The lowest BCUT2D eigenvalue weighted by Gasteiger charge is -2.16. The molecule has 8 nitrogen and oxygen atoms in total. The van der Waals surface area contributed by atoms with Gasteiger partial charge in [0.25, 0.3) is 0 Å². The first-order valence-electron chi connectivity index (χ1n) is 7.87. The number of aliphatic hydroxyl groups is 1. The molecule has 0 aromatic carbocycles. The van der Waals surface area contributed by atoms with Crippen molar-refractivity contribution in [1.29, 1.82) is 0 Å². The molecule has 2 amide bonds. The van der Waals surface area contributed by atoms with Crippen molar-refractivity contribution in [1.82, 2.24) is 20.1 Å². The molecule has 0 radical (unpaired) electrons. The van der Waals surface area contributed by atoms with Crippen molar-refractivity contribution in [2.24, 2.45) is 0 Å². The van der Waals surface area contributed by atoms with Crippen molar-refractivity contribution in [2.75, 3.05) is 5.32 Å². The molecule has 0 aliphatic rings. The van der Waals surface area contributed by atoms with E-state index >= 15 is 0 Å². The van der Waals surface area contributed by atoms with Crippen LogP contribution in [-0.4, -0.2) is 31.9 Å². The third-order valence-electron chi connectivity index (χ3n) is 3.55. The predicted octanol–water partition coefficient (Wildman–Crippen LogP) is 2.49. The Morgan fingerprint density at radius 2 is 2.24 bits per heavy atom. The van der Waals surface area contributed by atoms with Crippen LogP contribution in [0.5, 0.6) is 0 Å². The molecule has 3 aromatic heterocycles. The van der Waals surface area contributed by atoms with Crippen LogP contribution in [-0.2, 0) is 0 Å². The maximum Gasteiger partial charge on any atom is 0.319 e. The summed E-state index contributed by atoms with van der Waals surface area (Å²) in [6.07, 6.45) is 5.96. The van der Waals surface area contributed by atoms with Gasteiger partial charge in [0.1, 0.15) is 11.9 Å². The highest BCUT2D eigenvalue weighted by Gasteiger charge is 2.16. The number of hydrogen-bond acceptors (Lipinski definition) is 5. The normalized spacial score (nSPS) is 13.2. The molecule has 3 rings (SSSR count). The molecule has 8 heteroatoms. The van der Waals surface area contributed by atoms with Crippen molar-refractivity contribution in [3.05, 3.63) is 60.9 Å².